The first-order valence-corrected chi connectivity index (χ1v) is 7.10. The summed E-state index contributed by atoms with van der Waals surface area (Å²) in [5.74, 6) is 1.47. The maximum Gasteiger partial charge on any atom is 0.229 e. The molecule has 0 saturated heterocycles. The fraction of sp³-hybridized carbons (Fsp3) is 0.176. The van der Waals surface area contributed by atoms with Crippen molar-refractivity contribution >= 4 is 28.4 Å². The number of nitrogens with zero attached hydrogens (tertiary/aromatic N) is 2. The summed E-state index contributed by atoms with van der Waals surface area (Å²) in [5, 5.41) is 7.61. The highest BCUT2D eigenvalue weighted by atomic mass is 15.1. The van der Waals surface area contributed by atoms with E-state index in [1.165, 1.54) is 5.56 Å². The van der Waals surface area contributed by atoms with Gasteiger partial charge >= 0.3 is 0 Å². The van der Waals surface area contributed by atoms with E-state index in [9.17, 15) is 0 Å². The number of anilines is 3. The van der Waals surface area contributed by atoms with Gasteiger partial charge in [0.2, 0.25) is 5.95 Å². The van der Waals surface area contributed by atoms with E-state index in [0.717, 1.165) is 29.0 Å². The molecule has 4 nitrogen and oxygen atoms in total. The number of fused-ring (bicyclic) bond motifs is 1. The van der Waals surface area contributed by atoms with Crippen LogP contribution in [-0.4, -0.2) is 16.5 Å². The second kappa shape index (κ2) is 5.79. The molecule has 2 N–H and O–H groups in total. The summed E-state index contributed by atoms with van der Waals surface area (Å²) in [6.07, 6.45) is 0. The third-order valence-electron chi connectivity index (χ3n) is 3.22. The number of rotatable bonds is 4. The highest BCUT2D eigenvalue weighted by Gasteiger charge is 2.07. The van der Waals surface area contributed by atoms with Crippen molar-refractivity contribution in [1.29, 1.82) is 0 Å². The molecule has 106 valence electrons. The Balaban J connectivity index is 2.02. The molecule has 0 aliphatic rings. The predicted octanol–water partition coefficient (Wildman–Crippen LogP) is 4.11. The van der Waals surface area contributed by atoms with Crippen LogP contribution < -0.4 is 10.6 Å². The van der Waals surface area contributed by atoms with Crippen molar-refractivity contribution < 1.29 is 0 Å². The molecule has 0 saturated carbocycles. The van der Waals surface area contributed by atoms with Crippen molar-refractivity contribution in [2.75, 3.05) is 17.2 Å². The summed E-state index contributed by atoms with van der Waals surface area (Å²) < 4.78 is 0. The summed E-state index contributed by atoms with van der Waals surface area (Å²) >= 11 is 0. The van der Waals surface area contributed by atoms with Crippen molar-refractivity contribution in [3.05, 3.63) is 54.1 Å². The molecule has 0 aliphatic carbocycles. The zero-order valence-electron chi connectivity index (χ0n) is 12.2. The van der Waals surface area contributed by atoms with Gasteiger partial charge in [-0.15, -0.1) is 0 Å². The second-order valence-electron chi connectivity index (χ2n) is 4.94. The lowest BCUT2D eigenvalue weighted by atomic mass is 10.2. The molecule has 0 atom stereocenters. The van der Waals surface area contributed by atoms with E-state index in [0.29, 0.717) is 5.95 Å². The molecule has 0 unspecified atom stereocenters. The summed E-state index contributed by atoms with van der Waals surface area (Å²) in [4.78, 5) is 9.16. The van der Waals surface area contributed by atoms with E-state index in [4.69, 9.17) is 0 Å². The number of para-hydroxylation sites is 1. The number of nitrogens with one attached hydrogen (secondary N) is 2. The molecule has 0 amide bonds. The van der Waals surface area contributed by atoms with E-state index in [-0.39, 0.29) is 0 Å². The average molecular weight is 278 g/mol. The van der Waals surface area contributed by atoms with Gasteiger partial charge < -0.3 is 10.6 Å². The molecular formula is C17H18N4. The number of aryl methyl sites for hydroxylation is 1. The SMILES string of the molecule is CCNc1nc(Nc2cccc(C)c2)nc2ccccc12. The minimum atomic E-state index is 0.607. The molecule has 0 aliphatic heterocycles. The number of aromatic nitrogens is 2. The monoisotopic (exact) mass is 278 g/mol. The van der Waals surface area contributed by atoms with E-state index in [2.05, 4.69) is 46.6 Å². The Morgan fingerprint density at radius 3 is 2.67 bits per heavy atom. The van der Waals surface area contributed by atoms with Gasteiger partial charge in [-0.05, 0) is 43.7 Å². The number of benzene rings is 2. The molecule has 1 aromatic heterocycles. The quantitative estimate of drug-likeness (QED) is 0.754. The maximum atomic E-state index is 4.58. The van der Waals surface area contributed by atoms with Gasteiger partial charge in [0.1, 0.15) is 5.82 Å². The summed E-state index contributed by atoms with van der Waals surface area (Å²) in [6, 6.07) is 16.2. The number of hydrogen-bond donors (Lipinski definition) is 2. The summed E-state index contributed by atoms with van der Waals surface area (Å²) in [6.45, 7) is 4.95. The molecule has 1 heterocycles. The second-order valence-corrected chi connectivity index (χ2v) is 4.94. The van der Waals surface area contributed by atoms with Gasteiger partial charge in [-0.2, -0.15) is 4.98 Å². The van der Waals surface area contributed by atoms with Gasteiger partial charge in [-0.1, -0.05) is 24.3 Å². The third-order valence-corrected chi connectivity index (χ3v) is 3.22. The normalized spacial score (nSPS) is 10.6. The van der Waals surface area contributed by atoms with E-state index < -0.39 is 0 Å². The fourth-order valence-corrected chi connectivity index (χ4v) is 2.29. The average Bonchev–Trinajstić information content (AvgIpc) is 2.47. The van der Waals surface area contributed by atoms with E-state index in [1.807, 2.05) is 36.4 Å². The number of hydrogen-bond acceptors (Lipinski definition) is 4. The van der Waals surface area contributed by atoms with Crippen molar-refractivity contribution in [3.8, 4) is 0 Å². The zero-order chi connectivity index (χ0) is 14.7. The maximum absolute atomic E-state index is 4.58. The molecule has 4 heteroatoms. The Bertz CT molecular complexity index is 768. The Morgan fingerprint density at radius 2 is 1.86 bits per heavy atom. The lowest BCUT2D eigenvalue weighted by molar-refractivity contribution is 1.14. The van der Waals surface area contributed by atoms with Crippen LogP contribution in [0.2, 0.25) is 0 Å². The molecular weight excluding hydrogens is 260 g/mol. The Hall–Kier alpha value is -2.62. The molecule has 2 aromatic carbocycles. The van der Waals surface area contributed by atoms with Crippen LogP contribution in [0.3, 0.4) is 0 Å². The zero-order valence-corrected chi connectivity index (χ0v) is 12.2. The van der Waals surface area contributed by atoms with Crippen LogP contribution >= 0.6 is 0 Å². The molecule has 0 bridgehead atoms. The van der Waals surface area contributed by atoms with E-state index >= 15 is 0 Å². The lowest BCUT2D eigenvalue weighted by Crippen LogP contribution is -2.04. The highest BCUT2D eigenvalue weighted by molar-refractivity contribution is 5.90. The van der Waals surface area contributed by atoms with Gasteiger partial charge in [0.25, 0.3) is 0 Å². The fourth-order valence-electron chi connectivity index (χ4n) is 2.29. The van der Waals surface area contributed by atoms with Crippen LogP contribution in [0.25, 0.3) is 10.9 Å². The first-order chi connectivity index (χ1) is 10.3. The van der Waals surface area contributed by atoms with Crippen molar-refractivity contribution in [2.45, 2.75) is 13.8 Å². The molecule has 3 aromatic rings. The topological polar surface area (TPSA) is 49.8 Å². The Kier molecular flexibility index (Phi) is 3.69. The minimum Gasteiger partial charge on any atom is -0.370 e. The van der Waals surface area contributed by atoms with Crippen LogP contribution in [0, 0.1) is 6.92 Å². The van der Waals surface area contributed by atoms with E-state index in [1.54, 1.807) is 0 Å². The van der Waals surface area contributed by atoms with Gasteiger partial charge in [0.05, 0.1) is 5.52 Å². The molecule has 3 rings (SSSR count). The Morgan fingerprint density at radius 1 is 1.00 bits per heavy atom. The molecule has 0 spiro atoms. The minimum absolute atomic E-state index is 0.607. The standard InChI is InChI=1S/C17H18N4/c1-3-18-16-14-9-4-5-10-15(14)20-17(21-16)19-13-8-6-7-12(2)11-13/h4-11H,3H2,1-2H3,(H2,18,19,20,21). The third kappa shape index (κ3) is 2.94. The van der Waals surface area contributed by atoms with Crippen molar-refractivity contribution in [2.24, 2.45) is 0 Å². The van der Waals surface area contributed by atoms with Crippen LogP contribution in [0.15, 0.2) is 48.5 Å². The summed E-state index contributed by atoms with van der Waals surface area (Å²) in [7, 11) is 0. The van der Waals surface area contributed by atoms with Crippen molar-refractivity contribution in [1.82, 2.24) is 9.97 Å². The van der Waals surface area contributed by atoms with Crippen LogP contribution in [0.1, 0.15) is 12.5 Å². The smallest absolute Gasteiger partial charge is 0.229 e. The molecule has 21 heavy (non-hydrogen) atoms. The van der Waals surface area contributed by atoms with Gasteiger partial charge in [0, 0.05) is 17.6 Å². The summed E-state index contributed by atoms with van der Waals surface area (Å²) in [5.41, 5.74) is 3.12. The van der Waals surface area contributed by atoms with Crippen LogP contribution in [0.5, 0.6) is 0 Å². The van der Waals surface area contributed by atoms with Gasteiger partial charge in [-0.25, -0.2) is 4.98 Å². The Labute approximate surface area is 124 Å². The van der Waals surface area contributed by atoms with Crippen LogP contribution in [0.4, 0.5) is 17.5 Å². The first kappa shape index (κ1) is 13.4. The molecule has 0 fully saturated rings. The predicted molar refractivity (Wildman–Crippen MR) is 88.2 cm³/mol. The van der Waals surface area contributed by atoms with Gasteiger partial charge in [0.15, 0.2) is 0 Å². The lowest BCUT2D eigenvalue weighted by Gasteiger charge is -2.11. The largest absolute Gasteiger partial charge is 0.370 e. The first-order valence-electron chi connectivity index (χ1n) is 7.10. The van der Waals surface area contributed by atoms with Crippen molar-refractivity contribution in [3.63, 3.8) is 0 Å². The van der Waals surface area contributed by atoms with Gasteiger partial charge in [-0.3, -0.25) is 0 Å². The molecule has 0 radical (unpaired) electrons. The highest BCUT2D eigenvalue weighted by Crippen LogP contribution is 2.23. The van der Waals surface area contributed by atoms with Crippen LogP contribution in [-0.2, 0) is 0 Å².